The Morgan fingerprint density at radius 1 is 1.18 bits per heavy atom. The summed E-state index contributed by atoms with van der Waals surface area (Å²) in [5, 5.41) is 6.17. The van der Waals surface area contributed by atoms with Gasteiger partial charge in [-0.25, -0.2) is 0 Å². The van der Waals surface area contributed by atoms with E-state index in [4.69, 9.17) is 10.5 Å². The Bertz CT molecular complexity index is 1080. The lowest BCUT2D eigenvalue weighted by atomic mass is 9.79. The number of primary amides is 1. The van der Waals surface area contributed by atoms with E-state index in [1.165, 1.54) is 0 Å². The summed E-state index contributed by atoms with van der Waals surface area (Å²) < 4.78 is 5.24. The summed E-state index contributed by atoms with van der Waals surface area (Å²) in [6, 6.07) is 14.1. The Morgan fingerprint density at radius 2 is 1.88 bits per heavy atom. The number of nitrogens with zero attached hydrogens (tertiary/aromatic N) is 1. The zero-order valence-corrected chi connectivity index (χ0v) is 19.2. The number of hydrogen-bond acceptors (Lipinski definition) is 5. The second-order valence-electron chi connectivity index (χ2n) is 9.96. The Kier molecular flexibility index (Phi) is 5.88. The number of fused-ring (bicyclic) bond motifs is 2. The molecule has 3 amide bonds. The van der Waals surface area contributed by atoms with Crippen LogP contribution in [-0.4, -0.2) is 43.5 Å². The summed E-state index contributed by atoms with van der Waals surface area (Å²) >= 11 is 0. The third kappa shape index (κ3) is 4.57. The highest BCUT2D eigenvalue weighted by Gasteiger charge is 2.56. The summed E-state index contributed by atoms with van der Waals surface area (Å²) in [5.41, 5.74) is 6.81. The van der Waals surface area contributed by atoms with Gasteiger partial charge in [0.15, 0.2) is 6.61 Å². The Morgan fingerprint density at radius 3 is 2.55 bits per heavy atom. The lowest BCUT2D eigenvalue weighted by Gasteiger charge is -2.29. The van der Waals surface area contributed by atoms with Crippen LogP contribution in [0.2, 0.25) is 0 Å². The van der Waals surface area contributed by atoms with Crippen LogP contribution in [0.1, 0.15) is 32.8 Å². The van der Waals surface area contributed by atoms with Crippen LogP contribution in [0.25, 0.3) is 0 Å². The predicted molar refractivity (Wildman–Crippen MR) is 126 cm³/mol. The van der Waals surface area contributed by atoms with Gasteiger partial charge in [-0.3, -0.25) is 14.4 Å². The van der Waals surface area contributed by atoms with Crippen molar-refractivity contribution in [3.8, 4) is 5.75 Å². The SMILES string of the molecule is CC(C)(C)CN1C(=O)C2(CNC(C(=O)Nc3ccc(OCC(N)=O)cc3)C2)c2ccccc21. The highest BCUT2D eigenvalue weighted by Crippen LogP contribution is 2.47. The maximum absolute atomic E-state index is 13.6. The number of hydrogen-bond donors (Lipinski definition) is 3. The van der Waals surface area contributed by atoms with Crippen molar-refractivity contribution in [2.24, 2.45) is 11.1 Å². The molecular formula is C25H30N4O4. The summed E-state index contributed by atoms with van der Waals surface area (Å²) in [7, 11) is 0. The van der Waals surface area contributed by atoms with E-state index >= 15 is 0 Å². The predicted octanol–water partition coefficient (Wildman–Crippen LogP) is 2.18. The number of amides is 3. The first-order valence-corrected chi connectivity index (χ1v) is 11.1. The number of benzene rings is 2. The first kappa shape index (κ1) is 22.8. The average molecular weight is 451 g/mol. The van der Waals surface area contributed by atoms with Gasteiger partial charge >= 0.3 is 0 Å². The number of rotatable bonds is 6. The molecule has 2 aromatic rings. The lowest BCUT2D eigenvalue weighted by molar-refractivity contribution is -0.123. The fourth-order valence-electron chi connectivity index (χ4n) is 4.59. The monoisotopic (exact) mass is 450 g/mol. The third-order valence-electron chi connectivity index (χ3n) is 6.02. The van der Waals surface area contributed by atoms with Gasteiger partial charge in [-0.1, -0.05) is 39.0 Å². The van der Waals surface area contributed by atoms with E-state index in [1.807, 2.05) is 29.2 Å². The number of nitrogens with two attached hydrogens (primary N) is 1. The number of ether oxygens (including phenoxy) is 1. The van der Waals surface area contributed by atoms with Gasteiger partial charge in [-0.15, -0.1) is 0 Å². The molecule has 0 aromatic heterocycles. The van der Waals surface area contributed by atoms with Crippen LogP contribution in [-0.2, 0) is 19.8 Å². The van der Waals surface area contributed by atoms with Crippen LogP contribution in [0, 0.1) is 5.41 Å². The van der Waals surface area contributed by atoms with Crippen molar-refractivity contribution in [1.82, 2.24) is 5.32 Å². The topological polar surface area (TPSA) is 114 Å². The number of nitrogens with one attached hydrogen (secondary N) is 2. The maximum atomic E-state index is 13.6. The number of carbonyl (C=O) groups excluding carboxylic acids is 3. The highest BCUT2D eigenvalue weighted by atomic mass is 16.5. The van der Waals surface area contributed by atoms with Crippen molar-refractivity contribution >= 4 is 29.1 Å². The standard InChI is InChI=1S/C25H30N4O4/c1-24(2,3)15-29-20-7-5-4-6-18(20)25(23(29)32)12-19(27-14-25)22(31)28-16-8-10-17(11-9-16)33-13-21(26)30/h4-11,19,27H,12-15H2,1-3H3,(H2,26,30)(H,28,31). The molecule has 1 spiro atoms. The molecule has 4 N–H and O–H groups in total. The van der Waals surface area contributed by atoms with E-state index in [9.17, 15) is 14.4 Å². The van der Waals surface area contributed by atoms with Crippen LogP contribution in [0.3, 0.4) is 0 Å². The zero-order chi connectivity index (χ0) is 23.8. The quantitative estimate of drug-likeness (QED) is 0.624. The molecule has 2 aromatic carbocycles. The van der Waals surface area contributed by atoms with Crippen LogP contribution in [0.5, 0.6) is 5.75 Å². The number of carbonyl (C=O) groups is 3. The van der Waals surface area contributed by atoms with Crippen molar-refractivity contribution in [3.63, 3.8) is 0 Å². The van der Waals surface area contributed by atoms with E-state index in [0.29, 0.717) is 30.9 Å². The Balaban J connectivity index is 1.47. The maximum Gasteiger partial charge on any atom is 0.255 e. The zero-order valence-electron chi connectivity index (χ0n) is 19.2. The van der Waals surface area contributed by atoms with Gasteiger partial charge in [0.2, 0.25) is 11.8 Å². The van der Waals surface area contributed by atoms with E-state index in [1.54, 1.807) is 24.3 Å². The normalized spacial score (nSPS) is 21.8. The molecular weight excluding hydrogens is 420 g/mol. The minimum Gasteiger partial charge on any atom is -0.484 e. The molecule has 2 atom stereocenters. The van der Waals surface area contributed by atoms with Crippen LogP contribution in [0.4, 0.5) is 11.4 Å². The van der Waals surface area contributed by atoms with E-state index < -0.39 is 17.4 Å². The first-order valence-electron chi connectivity index (χ1n) is 11.1. The summed E-state index contributed by atoms with van der Waals surface area (Å²) in [6.07, 6.45) is 0.398. The minimum absolute atomic E-state index is 0.0512. The average Bonchev–Trinajstić information content (AvgIpc) is 3.30. The van der Waals surface area contributed by atoms with Gasteiger partial charge in [0, 0.05) is 24.5 Å². The molecule has 8 nitrogen and oxygen atoms in total. The molecule has 0 saturated carbocycles. The van der Waals surface area contributed by atoms with Gasteiger partial charge < -0.3 is 26.0 Å². The fourth-order valence-corrected chi connectivity index (χ4v) is 4.59. The molecule has 2 unspecified atom stereocenters. The molecule has 0 bridgehead atoms. The largest absolute Gasteiger partial charge is 0.484 e. The van der Waals surface area contributed by atoms with E-state index in [2.05, 4.69) is 31.4 Å². The molecule has 4 rings (SSSR count). The highest BCUT2D eigenvalue weighted by molar-refractivity contribution is 6.09. The molecule has 0 radical (unpaired) electrons. The molecule has 2 aliphatic rings. The van der Waals surface area contributed by atoms with Crippen molar-refractivity contribution in [2.45, 2.75) is 38.6 Å². The first-order chi connectivity index (χ1) is 15.6. The van der Waals surface area contributed by atoms with Crippen LogP contribution < -0.4 is 26.0 Å². The third-order valence-corrected chi connectivity index (χ3v) is 6.02. The van der Waals surface area contributed by atoms with Gasteiger partial charge in [0.1, 0.15) is 5.75 Å². The summed E-state index contributed by atoms with van der Waals surface area (Å²) in [6.45, 7) is 7.17. The summed E-state index contributed by atoms with van der Waals surface area (Å²) in [5.74, 6) is -0.218. The van der Waals surface area contributed by atoms with Crippen LogP contribution >= 0.6 is 0 Å². The van der Waals surface area contributed by atoms with Crippen molar-refractivity contribution < 1.29 is 19.1 Å². The molecule has 1 saturated heterocycles. The second-order valence-corrected chi connectivity index (χ2v) is 9.96. The van der Waals surface area contributed by atoms with E-state index in [0.717, 1.165) is 11.3 Å². The molecule has 8 heteroatoms. The number of para-hydroxylation sites is 1. The molecule has 33 heavy (non-hydrogen) atoms. The van der Waals surface area contributed by atoms with Gasteiger partial charge in [-0.05, 0) is 47.7 Å². The van der Waals surface area contributed by atoms with Crippen LogP contribution in [0.15, 0.2) is 48.5 Å². The molecule has 0 aliphatic carbocycles. The smallest absolute Gasteiger partial charge is 0.255 e. The Labute approximate surface area is 193 Å². The van der Waals surface area contributed by atoms with Crippen molar-refractivity contribution in [2.75, 3.05) is 29.9 Å². The number of anilines is 2. The van der Waals surface area contributed by atoms with Crippen molar-refractivity contribution in [1.29, 1.82) is 0 Å². The molecule has 2 aliphatic heterocycles. The molecule has 2 heterocycles. The van der Waals surface area contributed by atoms with Gasteiger partial charge in [-0.2, -0.15) is 0 Å². The van der Waals surface area contributed by atoms with Gasteiger partial charge in [0.25, 0.3) is 5.91 Å². The van der Waals surface area contributed by atoms with E-state index in [-0.39, 0.29) is 23.8 Å². The second kappa shape index (κ2) is 8.51. The minimum atomic E-state index is -0.740. The lowest BCUT2D eigenvalue weighted by Crippen LogP contribution is -2.44. The summed E-state index contributed by atoms with van der Waals surface area (Å²) in [4.78, 5) is 39.3. The molecule has 174 valence electrons. The van der Waals surface area contributed by atoms with Crippen molar-refractivity contribution in [3.05, 3.63) is 54.1 Å². The molecule has 1 fully saturated rings. The fraction of sp³-hybridized carbons (Fsp3) is 0.400. The Hall–Kier alpha value is -3.39. The van der Waals surface area contributed by atoms with Gasteiger partial charge in [0.05, 0.1) is 11.5 Å².